The Hall–Kier alpha value is -3.67. The van der Waals surface area contributed by atoms with Gasteiger partial charge in [0, 0.05) is 12.8 Å². The van der Waals surface area contributed by atoms with Crippen LogP contribution < -0.4 is 0 Å². The average molecular weight is 1140 g/mol. The number of hydrogen-bond acceptors (Lipinski definition) is 6. The van der Waals surface area contributed by atoms with Gasteiger partial charge in [-0.1, -0.05) is 343 Å². The van der Waals surface area contributed by atoms with E-state index in [2.05, 4.69) is 106 Å². The van der Waals surface area contributed by atoms with Gasteiger partial charge in [-0.2, -0.15) is 0 Å². The van der Waals surface area contributed by atoms with Gasteiger partial charge >= 0.3 is 17.9 Å². The van der Waals surface area contributed by atoms with E-state index in [-0.39, 0.29) is 31.6 Å². The van der Waals surface area contributed by atoms with E-state index in [0.717, 1.165) is 83.5 Å². The Morgan fingerprint density at radius 2 is 0.524 bits per heavy atom. The number of ether oxygens (including phenoxy) is 3. The Morgan fingerprint density at radius 1 is 0.268 bits per heavy atom. The highest BCUT2D eigenvalue weighted by atomic mass is 16.6. The van der Waals surface area contributed by atoms with Gasteiger partial charge in [-0.3, -0.25) is 14.4 Å². The lowest BCUT2D eigenvalue weighted by Gasteiger charge is -2.18. The lowest BCUT2D eigenvalue weighted by atomic mass is 10.0. The molecule has 1 unspecified atom stereocenters. The second-order valence-corrected chi connectivity index (χ2v) is 23.4. The molecular weight excluding hydrogens is 1010 g/mol. The zero-order valence-electron chi connectivity index (χ0n) is 54.2. The Labute approximate surface area is 508 Å². The van der Waals surface area contributed by atoms with Gasteiger partial charge in [-0.25, -0.2) is 0 Å². The van der Waals surface area contributed by atoms with Crippen molar-refractivity contribution in [2.45, 2.75) is 354 Å². The first kappa shape index (κ1) is 78.3. The van der Waals surface area contributed by atoms with Crippen LogP contribution in [0.5, 0.6) is 0 Å². The van der Waals surface area contributed by atoms with Crippen LogP contribution in [-0.2, 0) is 28.6 Å². The van der Waals surface area contributed by atoms with Crippen LogP contribution in [0.3, 0.4) is 0 Å². The third kappa shape index (κ3) is 67.1. The molecule has 6 heteroatoms. The molecule has 82 heavy (non-hydrogen) atoms. The van der Waals surface area contributed by atoms with E-state index >= 15 is 0 Å². The second kappa shape index (κ2) is 69.8. The van der Waals surface area contributed by atoms with Gasteiger partial charge in [0.15, 0.2) is 6.10 Å². The van der Waals surface area contributed by atoms with Crippen molar-refractivity contribution in [3.05, 3.63) is 97.2 Å². The van der Waals surface area contributed by atoms with Gasteiger partial charge in [0.1, 0.15) is 13.2 Å². The van der Waals surface area contributed by atoms with Crippen LogP contribution in [0, 0.1) is 0 Å². The number of carbonyl (C=O) groups is 3. The highest BCUT2D eigenvalue weighted by Crippen LogP contribution is 2.18. The zero-order valence-corrected chi connectivity index (χ0v) is 54.2. The fourth-order valence-corrected chi connectivity index (χ4v) is 10.1. The molecule has 0 aromatic carbocycles. The van der Waals surface area contributed by atoms with Crippen molar-refractivity contribution in [3.63, 3.8) is 0 Å². The predicted octanol–water partition coefficient (Wildman–Crippen LogP) is 24.4. The van der Waals surface area contributed by atoms with Crippen LogP contribution in [0.1, 0.15) is 348 Å². The van der Waals surface area contributed by atoms with E-state index in [1.165, 1.54) is 225 Å². The van der Waals surface area contributed by atoms with Crippen molar-refractivity contribution < 1.29 is 28.6 Å². The lowest BCUT2D eigenvalue weighted by molar-refractivity contribution is -0.166. The third-order valence-electron chi connectivity index (χ3n) is 15.4. The number of carbonyl (C=O) groups excluding carboxylic acids is 3. The van der Waals surface area contributed by atoms with Gasteiger partial charge in [0.25, 0.3) is 0 Å². The van der Waals surface area contributed by atoms with Gasteiger partial charge < -0.3 is 14.2 Å². The van der Waals surface area contributed by atoms with Crippen molar-refractivity contribution in [2.75, 3.05) is 13.2 Å². The molecular formula is C76H132O6. The fourth-order valence-electron chi connectivity index (χ4n) is 10.1. The normalized spacial score (nSPS) is 12.7. The number of hydrogen-bond donors (Lipinski definition) is 0. The molecule has 0 aliphatic rings. The molecule has 0 radical (unpaired) electrons. The summed E-state index contributed by atoms with van der Waals surface area (Å²) in [4.78, 5) is 38.4. The molecule has 1 atom stereocenters. The minimum Gasteiger partial charge on any atom is -0.462 e. The first-order valence-corrected chi connectivity index (χ1v) is 35.2. The summed E-state index contributed by atoms with van der Waals surface area (Å²) in [7, 11) is 0. The van der Waals surface area contributed by atoms with E-state index in [4.69, 9.17) is 14.2 Å². The summed E-state index contributed by atoms with van der Waals surface area (Å²) >= 11 is 0. The van der Waals surface area contributed by atoms with Crippen LogP contribution in [0.25, 0.3) is 0 Å². The third-order valence-corrected chi connectivity index (χ3v) is 15.4. The van der Waals surface area contributed by atoms with Crippen molar-refractivity contribution in [3.8, 4) is 0 Å². The molecule has 0 aromatic heterocycles. The minimum absolute atomic E-state index is 0.104. The molecule has 472 valence electrons. The van der Waals surface area contributed by atoms with Crippen molar-refractivity contribution >= 4 is 17.9 Å². The Morgan fingerprint density at radius 3 is 0.854 bits per heavy atom. The molecule has 0 rings (SSSR count). The number of allylic oxidation sites excluding steroid dienone is 15. The average Bonchev–Trinajstić information content (AvgIpc) is 3.47. The molecule has 0 aliphatic carbocycles. The smallest absolute Gasteiger partial charge is 0.309 e. The Bertz CT molecular complexity index is 1590. The van der Waals surface area contributed by atoms with Gasteiger partial charge in [0.2, 0.25) is 0 Å². The van der Waals surface area contributed by atoms with Gasteiger partial charge in [-0.15, -0.1) is 0 Å². The first-order chi connectivity index (χ1) is 40.5. The molecule has 0 heterocycles. The summed E-state index contributed by atoms with van der Waals surface area (Å²) < 4.78 is 16.9. The van der Waals surface area contributed by atoms with Crippen LogP contribution >= 0.6 is 0 Å². The topological polar surface area (TPSA) is 78.9 Å². The fraction of sp³-hybridized carbons (Fsp3) is 0.750. The molecule has 0 N–H and O–H groups in total. The molecule has 0 aromatic rings. The maximum absolute atomic E-state index is 12.9. The summed E-state index contributed by atoms with van der Waals surface area (Å²) in [5.74, 6) is -1.02. The molecule has 0 amide bonds. The summed E-state index contributed by atoms with van der Waals surface area (Å²) in [6.07, 6.45) is 94.7. The molecule has 0 saturated carbocycles. The van der Waals surface area contributed by atoms with Crippen LogP contribution in [0.15, 0.2) is 97.2 Å². The molecule has 0 bridgehead atoms. The second-order valence-electron chi connectivity index (χ2n) is 23.4. The Kier molecular flexibility index (Phi) is 66.7. The standard InChI is InChI=1S/C76H132O6/c1-4-7-10-13-16-19-22-25-28-30-32-34-35-36-37-38-39-40-41-42-44-45-48-51-54-57-60-63-66-69-75(78)81-72-73(71-80-74(77)68-65-62-59-56-53-50-47-27-24-21-18-15-12-9-6-3)82-76(79)70-67-64-61-58-55-52-49-46-43-33-31-29-26-23-20-17-14-11-8-5-2/h9,12,18,21-22,25,27,30,32,35-36,47,53,56,62,65,73H,4-8,10-11,13-17,19-20,23-24,26,28-29,31,33-34,37-46,48-52,54-55,57-61,63-64,66-72H2,1-3H3/b12-9-,21-18-,25-22-,32-30-,36-35-,47-27-,56-53-,65-62-. The number of unbranched alkanes of at least 4 members (excludes halogenated alkanes) is 38. The van der Waals surface area contributed by atoms with Crippen molar-refractivity contribution in [1.82, 2.24) is 0 Å². The highest BCUT2D eigenvalue weighted by Gasteiger charge is 2.19. The van der Waals surface area contributed by atoms with Crippen molar-refractivity contribution in [1.29, 1.82) is 0 Å². The SMILES string of the molecule is CC/C=C\C/C=C\C/C=C\C/C=C\C/C=C\CC(=O)OCC(COC(=O)CCCCCCCCCCCCCCCC/C=C\C/C=C\C/C=C\CCCCCCC)OC(=O)CCCCCCCCCCCCCCCCCCCCCC. The molecule has 0 spiro atoms. The summed E-state index contributed by atoms with van der Waals surface area (Å²) in [5, 5.41) is 0. The molecule has 0 fully saturated rings. The Balaban J connectivity index is 4.32. The largest absolute Gasteiger partial charge is 0.462 e. The van der Waals surface area contributed by atoms with E-state index in [0.29, 0.717) is 12.8 Å². The number of rotatable bonds is 64. The minimum atomic E-state index is -0.818. The predicted molar refractivity (Wildman–Crippen MR) is 357 cm³/mol. The molecule has 0 aliphatic heterocycles. The van der Waals surface area contributed by atoms with Crippen LogP contribution in [-0.4, -0.2) is 37.2 Å². The maximum atomic E-state index is 12.9. The van der Waals surface area contributed by atoms with E-state index in [1.54, 1.807) is 0 Å². The van der Waals surface area contributed by atoms with Crippen molar-refractivity contribution in [2.24, 2.45) is 0 Å². The molecule has 6 nitrogen and oxygen atoms in total. The van der Waals surface area contributed by atoms with Crippen LogP contribution in [0.4, 0.5) is 0 Å². The van der Waals surface area contributed by atoms with E-state index in [9.17, 15) is 14.4 Å². The summed E-state index contributed by atoms with van der Waals surface area (Å²) in [6.45, 7) is 6.47. The summed E-state index contributed by atoms with van der Waals surface area (Å²) in [5.41, 5.74) is 0. The monoisotopic (exact) mass is 1140 g/mol. The van der Waals surface area contributed by atoms with E-state index < -0.39 is 12.1 Å². The first-order valence-electron chi connectivity index (χ1n) is 35.2. The van der Waals surface area contributed by atoms with E-state index in [1.807, 2.05) is 12.2 Å². The number of esters is 3. The summed E-state index contributed by atoms with van der Waals surface area (Å²) in [6, 6.07) is 0. The van der Waals surface area contributed by atoms with Gasteiger partial charge in [-0.05, 0) is 83.5 Å². The molecule has 0 saturated heterocycles. The lowest BCUT2D eigenvalue weighted by Crippen LogP contribution is -2.30. The quantitative estimate of drug-likeness (QED) is 0.0261. The maximum Gasteiger partial charge on any atom is 0.309 e. The highest BCUT2D eigenvalue weighted by molar-refractivity contribution is 5.72. The zero-order chi connectivity index (χ0) is 59.2. The van der Waals surface area contributed by atoms with Crippen LogP contribution in [0.2, 0.25) is 0 Å². The van der Waals surface area contributed by atoms with Gasteiger partial charge in [0.05, 0.1) is 6.42 Å².